The molecule has 1 aliphatic heterocycles. The second-order valence-corrected chi connectivity index (χ2v) is 5.08. The lowest BCUT2D eigenvalue weighted by Crippen LogP contribution is -2.59. The van der Waals surface area contributed by atoms with Crippen molar-refractivity contribution >= 4 is 11.9 Å². The largest absolute Gasteiger partial charge is 0.481 e. The number of amides is 1. The van der Waals surface area contributed by atoms with Gasteiger partial charge in [-0.1, -0.05) is 12.2 Å². The second-order valence-electron chi connectivity index (χ2n) is 5.08. The quantitative estimate of drug-likeness (QED) is 0.576. The second kappa shape index (κ2) is 5.07. The molecule has 0 aromatic rings. The highest BCUT2D eigenvalue weighted by Gasteiger charge is 2.33. The Morgan fingerprint density at radius 3 is 2.72 bits per heavy atom. The Hall–Kier alpha value is -1.40. The zero-order valence-electron chi connectivity index (χ0n) is 10.3. The van der Waals surface area contributed by atoms with Gasteiger partial charge in [-0.05, 0) is 13.3 Å². The molecule has 1 fully saturated rings. The lowest BCUT2D eigenvalue weighted by molar-refractivity contribution is -0.140. The highest BCUT2D eigenvalue weighted by atomic mass is 16.5. The van der Waals surface area contributed by atoms with E-state index in [9.17, 15) is 9.59 Å². The molecule has 0 spiro atoms. The average Bonchev–Trinajstić information content (AvgIpc) is 2.72. The first-order chi connectivity index (χ1) is 8.48. The Morgan fingerprint density at radius 1 is 1.50 bits per heavy atom. The number of hydrogen-bond donors (Lipinski definition) is 3. The van der Waals surface area contributed by atoms with Gasteiger partial charge < -0.3 is 20.5 Å². The van der Waals surface area contributed by atoms with Crippen LogP contribution >= 0.6 is 0 Å². The van der Waals surface area contributed by atoms with Crippen LogP contribution in [0.25, 0.3) is 0 Å². The van der Waals surface area contributed by atoms with E-state index in [1.54, 1.807) is 12.2 Å². The van der Waals surface area contributed by atoms with E-state index < -0.39 is 11.9 Å². The molecule has 0 aromatic carbocycles. The molecule has 2 rings (SSSR count). The lowest BCUT2D eigenvalue weighted by Gasteiger charge is -2.38. The maximum Gasteiger partial charge on any atom is 0.310 e. The van der Waals surface area contributed by atoms with Crippen molar-refractivity contribution in [1.29, 1.82) is 0 Å². The SMILES string of the molecule is CC1(OCC(=O)NC2C=CC(C(=O)O)C2)CNC1. The number of nitrogens with one attached hydrogen (secondary N) is 2. The van der Waals surface area contributed by atoms with Crippen LogP contribution in [0.4, 0.5) is 0 Å². The first kappa shape index (κ1) is 13.0. The summed E-state index contributed by atoms with van der Waals surface area (Å²) in [4.78, 5) is 22.4. The van der Waals surface area contributed by atoms with Crippen LogP contribution in [-0.4, -0.2) is 48.3 Å². The topological polar surface area (TPSA) is 87.7 Å². The van der Waals surface area contributed by atoms with Gasteiger partial charge in [-0.25, -0.2) is 0 Å². The summed E-state index contributed by atoms with van der Waals surface area (Å²) in [6, 6.07) is -0.200. The number of ether oxygens (including phenoxy) is 1. The third-order valence-corrected chi connectivity index (χ3v) is 3.30. The number of aliphatic carboxylic acids is 1. The number of carboxylic acid groups (broad SMARTS) is 1. The minimum Gasteiger partial charge on any atom is -0.481 e. The highest BCUT2D eigenvalue weighted by Crippen LogP contribution is 2.18. The Balaban J connectivity index is 1.69. The van der Waals surface area contributed by atoms with Crippen LogP contribution in [0.3, 0.4) is 0 Å². The maximum absolute atomic E-state index is 11.6. The summed E-state index contributed by atoms with van der Waals surface area (Å²) in [6.07, 6.45) is 3.76. The van der Waals surface area contributed by atoms with Crippen LogP contribution in [0.5, 0.6) is 0 Å². The predicted molar refractivity (Wildman–Crippen MR) is 64.0 cm³/mol. The molecular weight excluding hydrogens is 236 g/mol. The molecule has 0 saturated carbocycles. The molecule has 2 unspecified atom stereocenters. The molecule has 6 heteroatoms. The zero-order valence-corrected chi connectivity index (χ0v) is 10.3. The van der Waals surface area contributed by atoms with Crippen LogP contribution in [-0.2, 0) is 14.3 Å². The summed E-state index contributed by atoms with van der Waals surface area (Å²) < 4.78 is 5.50. The zero-order chi connectivity index (χ0) is 13.2. The van der Waals surface area contributed by atoms with Crippen molar-refractivity contribution in [3.05, 3.63) is 12.2 Å². The van der Waals surface area contributed by atoms with Gasteiger partial charge in [-0.15, -0.1) is 0 Å². The molecule has 18 heavy (non-hydrogen) atoms. The minimum absolute atomic E-state index is 0.0141. The summed E-state index contributed by atoms with van der Waals surface area (Å²) in [6.45, 7) is 3.47. The summed E-state index contributed by atoms with van der Waals surface area (Å²) in [5.41, 5.74) is -0.244. The smallest absolute Gasteiger partial charge is 0.310 e. The summed E-state index contributed by atoms with van der Waals surface area (Å²) in [7, 11) is 0. The summed E-state index contributed by atoms with van der Waals surface area (Å²) in [5, 5.41) is 14.7. The van der Waals surface area contributed by atoms with Crippen molar-refractivity contribution in [2.24, 2.45) is 5.92 Å². The molecule has 2 atom stereocenters. The molecule has 2 aliphatic rings. The molecule has 1 amide bonds. The molecule has 1 heterocycles. The molecule has 1 aliphatic carbocycles. The standard InChI is InChI=1S/C12H18N2O4/c1-12(6-13-7-12)18-5-10(15)14-9-3-2-8(4-9)11(16)17/h2-3,8-9,13H,4-7H2,1H3,(H,14,15)(H,16,17). The van der Waals surface area contributed by atoms with Gasteiger partial charge in [0.05, 0.1) is 11.5 Å². The molecule has 1 saturated heterocycles. The van der Waals surface area contributed by atoms with Gasteiger partial charge in [0.2, 0.25) is 5.91 Å². The maximum atomic E-state index is 11.6. The van der Waals surface area contributed by atoms with E-state index in [-0.39, 0.29) is 24.2 Å². The number of carbonyl (C=O) groups excluding carboxylic acids is 1. The third-order valence-electron chi connectivity index (χ3n) is 3.30. The fourth-order valence-corrected chi connectivity index (χ4v) is 2.06. The van der Waals surface area contributed by atoms with Gasteiger partial charge in [0, 0.05) is 19.1 Å². The van der Waals surface area contributed by atoms with E-state index in [4.69, 9.17) is 9.84 Å². The molecule has 3 N–H and O–H groups in total. The molecule has 0 aromatic heterocycles. The van der Waals surface area contributed by atoms with Gasteiger partial charge in [0.1, 0.15) is 6.61 Å². The highest BCUT2D eigenvalue weighted by molar-refractivity contribution is 5.78. The Bertz CT molecular complexity index is 376. The van der Waals surface area contributed by atoms with Crippen LogP contribution in [0.1, 0.15) is 13.3 Å². The lowest BCUT2D eigenvalue weighted by atomic mass is 10.0. The molecule has 0 bridgehead atoms. The van der Waals surface area contributed by atoms with Gasteiger partial charge in [0.25, 0.3) is 0 Å². The minimum atomic E-state index is -0.854. The van der Waals surface area contributed by atoms with E-state index in [1.165, 1.54) is 0 Å². The van der Waals surface area contributed by atoms with Crippen molar-refractivity contribution in [2.75, 3.05) is 19.7 Å². The number of rotatable bonds is 5. The van der Waals surface area contributed by atoms with E-state index in [0.29, 0.717) is 6.42 Å². The number of hydrogen-bond acceptors (Lipinski definition) is 4. The van der Waals surface area contributed by atoms with E-state index in [1.807, 2.05) is 6.92 Å². The third kappa shape index (κ3) is 3.08. The average molecular weight is 254 g/mol. The van der Waals surface area contributed by atoms with Crippen molar-refractivity contribution in [3.63, 3.8) is 0 Å². The van der Waals surface area contributed by atoms with Crippen LogP contribution in [0, 0.1) is 5.92 Å². The van der Waals surface area contributed by atoms with Crippen molar-refractivity contribution < 1.29 is 19.4 Å². The normalized spacial score (nSPS) is 28.7. The van der Waals surface area contributed by atoms with Crippen LogP contribution in [0.15, 0.2) is 12.2 Å². The van der Waals surface area contributed by atoms with Crippen molar-refractivity contribution in [2.45, 2.75) is 25.0 Å². The summed E-state index contributed by atoms with van der Waals surface area (Å²) >= 11 is 0. The van der Waals surface area contributed by atoms with Crippen LogP contribution in [0.2, 0.25) is 0 Å². The van der Waals surface area contributed by atoms with Crippen LogP contribution < -0.4 is 10.6 Å². The molecular formula is C12H18N2O4. The Morgan fingerprint density at radius 2 is 2.22 bits per heavy atom. The summed E-state index contributed by atoms with van der Waals surface area (Å²) in [5.74, 6) is -1.55. The fraction of sp³-hybridized carbons (Fsp3) is 0.667. The van der Waals surface area contributed by atoms with Gasteiger partial charge >= 0.3 is 5.97 Å². The van der Waals surface area contributed by atoms with Crippen molar-refractivity contribution in [3.8, 4) is 0 Å². The van der Waals surface area contributed by atoms with E-state index in [2.05, 4.69) is 10.6 Å². The van der Waals surface area contributed by atoms with E-state index in [0.717, 1.165) is 13.1 Å². The number of carboxylic acids is 1. The molecule has 0 radical (unpaired) electrons. The Labute approximate surface area is 105 Å². The van der Waals surface area contributed by atoms with Gasteiger partial charge in [-0.2, -0.15) is 0 Å². The van der Waals surface area contributed by atoms with Gasteiger partial charge in [0.15, 0.2) is 0 Å². The first-order valence-corrected chi connectivity index (χ1v) is 6.04. The monoisotopic (exact) mass is 254 g/mol. The van der Waals surface area contributed by atoms with E-state index >= 15 is 0 Å². The first-order valence-electron chi connectivity index (χ1n) is 6.04. The molecule has 100 valence electrons. The molecule has 6 nitrogen and oxygen atoms in total. The predicted octanol–water partition coefficient (Wildman–Crippen LogP) is -0.490. The Kier molecular flexibility index (Phi) is 3.68. The van der Waals surface area contributed by atoms with Gasteiger partial charge in [-0.3, -0.25) is 9.59 Å². The van der Waals surface area contributed by atoms with Crippen molar-refractivity contribution in [1.82, 2.24) is 10.6 Å². The fourth-order valence-electron chi connectivity index (χ4n) is 2.06. The number of carbonyl (C=O) groups is 2.